The third kappa shape index (κ3) is 4.01. The molecule has 0 radical (unpaired) electrons. The molecule has 0 saturated carbocycles. The molecule has 3 nitrogen and oxygen atoms in total. The van der Waals surface area contributed by atoms with Crippen LogP contribution in [0, 0.1) is 0 Å². The van der Waals surface area contributed by atoms with E-state index >= 15 is 0 Å². The molecule has 0 heterocycles. The summed E-state index contributed by atoms with van der Waals surface area (Å²) in [4.78, 5) is 1.09. The van der Waals surface area contributed by atoms with E-state index in [1.54, 1.807) is 11.8 Å². The molecule has 0 aliphatic carbocycles. The number of hydrogen-bond donors (Lipinski definition) is 2. The summed E-state index contributed by atoms with van der Waals surface area (Å²) in [5.41, 5.74) is 6.69. The second-order valence-electron chi connectivity index (χ2n) is 3.08. The Kier molecular flexibility index (Phi) is 5.36. The van der Waals surface area contributed by atoms with Crippen molar-refractivity contribution in [1.29, 1.82) is 0 Å². The molecule has 0 fully saturated rings. The predicted octanol–water partition coefficient (Wildman–Crippen LogP) is 1.98. The highest BCUT2D eigenvalue weighted by Crippen LogP contribution is 2.28. The first kappa shape index (κ1) is 12.2. The second-order valence-corrected chi connectivity index (χ2v) is 4.22. The van der Waals surface area contributed by atoms with Crippen molar-refractivity contribution in [2.24, 2.45) is 0 Å². The van der Waals surface area contributed by atoms with Crippen molar-refractivity contribution < 1.29 is 4.74 Å². The number of benzene rings is 1. The number of nitrogens with one attached hydrogen (secondary N) is 1. The van der Waals surface area contributed by atoms with Gasteiger partial charge < -0.3 is 15.8 Å². The van der Waals surface area contributed by atoms with Gasteiger partial charge in [-0.1, -0.05) is 0 Å². The van der Waals surface area contributed by atoms with E-state index in [0.717, 1.165) is 28.6 Å². The number of thioether (sulfide) groups is 1. The largest absolute Gasteiger partial charge is 0.494 e. The molecule has 0 atom stereocenters. The van der Waals surface area contributed by atoms with Crippen molar-refractivity contribution in [2.75, 3.05) is 31.7 Å². The van der Waals surface area contributed by atoms with E-state index in [1.807, 2.05) is 32.2 Å². The first-order valence-corrected chi connectivity index (χ1v) is 6.06. The first-order chi connectivity index (χ1) is 7.27. The van der Waals surface area contributed by atoms with Crippen molar-refractivity contribution >= 4 is 17.4 Å². The molecule has 1 aromatic rings. The fourth-order valence-electron chi connectivity index (χ4n) is 1.16. The third-order valence-corrected chi connectivity index (χ3v) is 2.98. The summed E-state index contributed by atoms with van der Waals surface area (Å²) in [6, 6.07) is 5.80. The Labute approximate surface area is 95.4 Å². The zero-order valence-electron chi connectivity index (χ0n) is 9.25. The highest BCUT2D eigenvalue weighted by molar-refractivity contribution is 7.99. The quantitative estimate of drug-likeness (QED) is 0.442. The summed E-state index contributed by atoms with van der Waals surface area (Å²) < 4.78 is 5.42. The Balaban J connectivity index is 2.63. The molecule has 0 aromatic heterocycles. The predicted molar refractivity (Wildman–Crippen MR) is 66.7 cm³/mol. The Morgan fingerprint density at radius 1 is 1.47 bits per heavy atom. The summed E-state index contributed by atoms with van der Waals surface area (Å²) in [5, 5.41) is 3.10. The van der Waals surface area contributed by atoms with Gasteiger partial charge in [-0.3, -0.25) is 0 Å². The number of anilines is 1. The Morgan fingerprint density at radius 2 is 2.27 bits per heavy atom. The maximum Gasteiger partial charge on any atom is 0.120 e. The minimum absolute atomic E-state index is 0.685. The molecule has 4 heteroatoms. The smallest absolute Gasteiger partial charge is 0.120 e. The van der Waals surface area contributed by atoms with Gasteiger partial charge in [0.1, 0.15) is 5.75 Å². The zero-order valence-corrected chi connectivity index (χ0v) is 10.1. The fraction of sp³-hybridized carbons (Fsp3) is 0.455. The molecule has 0 bridgehead atoms. The molecule has 84 valence electrons. The van der Waals surface area contributed by atoms with Crippen LogP contribution in [-0.4, -0.2) is 26.0 Å². The van der Waals surface area contributed by atoms with Crippen LogP contribution in [0.3, 0.4) is 0 Å². The van der Waals surface area contributed by atoms with Gasteiger partial charge in [0.25, 0.3) is 0 Å². The highest BCUT2D eigenvalue weighted by Gasteiger charge is 2.02. The zero-order chi connectivity index (χ0) is 11.1. The average Bonchev–Trinajstić information content (AvgIpc) is 2.23. The molecule has 3 N–H and O–H groups in total. The van der Waals surface area contributed by atoms with Crippen molar-refractivity contribution in [3.05, 3.63) is 18.2 Å². The van der Waals surface area contributed by atoms with Crippen molar-refractivity contribution in [3.8, 4) is 5.75 Å². The Morgan fingerprint density at radius 3 is 2.93 bits per heavy atom. The van der Waals surface area contributed by atoms with Crippen LogP contribution in [0.2, 0.25) is 0 Å². The van der Waals surface area contributed by atoms with Gasteiger partial charge in [-0.2, -0.15) is 0 Å². The van der Waals surface area contributed by atoms with E-state index in [9.17, 15) is 0 Å². The third-order valence-electron chi connectivity index (χ3n) is 1.91. The molecule has 15 heavy (non-hydrogen) atoms. The SMILES string of the molecule is CCOc1ccc(N)c(SCCNC)c1. The van der Waals surface area contributed by atoms with Crippen LogP contribution in [-0.2, 0) is 0 Å². The van der Waals surface area contributed by atoms with E-state index in [4.69, 9.17) is 10.5 Å². The summed E-state index contributed by atoms with van der Waals surface area (Å²) >= 11 is 1.74. The van der Waals surface area contributed by atoms with E-state index in [2.05, 4.69) is 5.32 Å². The van der Waals surface area contributed by atoms with E-state index in [1.165, 1.54) is 0 Å². The Hall–Kier alpha value is -0.870. The van der Waals surface area contributed by atoms with Gasteiger partial charge >= 0.3 is 0 Å². The van der Waals surface area contributed by atoms with Crippen LogP contribution in [0.25, 0.3) is 0 Å². The van der Waals surface area contributed by atoms with Crippen LogP contribution in [0.15, 0.2) is 23.1 Å². The van der Waals surface area contributed by atoms with Crippen LogP contribution in [0.1, 0.15) is 6.92 Å². The molecule has 0 spiro atoms. The highest BCUT2D eigenvalue weighted by atomic mass is 32.2. The molecular weight excluding hydrogens is 208 g/mol. The van der Waals surface area contributed by atoms with Crippen LogP contribution < -0.4 is 15.8 Å². The number of ether oxygens (including phenoxy) is 1. The molecule has 0 amide bonds. The number of rotatable bonds is 6. The topological polar surface area (TPSA) is 47.3 Å². The maximum atomic E-state index is 5.87. The molecule has 0 unspecified atom stereocenters. The molecule has 0 saturated heterocycles. The number of nitrogens with two attached hydrogens (primary N) is 1. The lowest BCUT2D eigenvalue weighted by molar-refractivity contribution is 0.339. The number of hydrogen-bond acceptors (Lipinski definition) is 4. The molecule has 0 aliphatic heterocycles. The second kappa shape index (κ2) is 6.58. The van der Waals surface area contributed by atoms with Gasteiger partial charge in [0.15, 0.2) is 0 Å². The van der Waals surface area contributed by atoms with Crippen LogP contribution in [0.5, 0.6) is 5.75 Å². The van der Waals surface area contributed by atoms with Gasteiger partial charge in [-0.25, -0.2) is 0 Å². The summed E-state index contributed by atoms with van der Waals surface area (Å²) in [6.07, 6.45) is 0. The summed E-state index contributed by atoms with van der Waals surface area (Å²) in [7, 11) is 1.94. The molecule has 1 aromatic carbocycles. The molecular formula is C11H18N2OS. The lowest BCUT2D eigenvalue weighted by atomic mass is 10.3. The van der Waals surface area contributed by atoms with Gasteiger partial charge in [0.05, 0.1) is 6.61 Å². The van der Waals surface area contributed by atoms with Crippen molar-refractivity contribution in [3.63, 3.8) is 0 Å². The Bertz CT molecular complexity index is 305. The first-order valence-electron chi connectivity index (χ1n) is 5.07. The maximum absolute atomic E-state index is 5.87. The molecule has 1 rings (SSSR count). The van der Waals surface area contributed by atoms with Gasteiger partial charge in [-0.15, -0.1) is 11.8 Å². The van der Waals surface area contributed by atoms with E-state index in [0.29, 0.717) is 6.61 Å². The summed E-state index contributed by atoms with van der Waals surface area (Å²) in [5.74, 6) is 1.90. The molecule has 0 aliphatic rings. The van der Waals surface area contributed by atoms with E-state index < -0.39 is 0 Å². The average molecular weight is 226 g/mol. The normalized spacial score (nSPS) is 10.3. The van der Waals surface area contributed by atoms with Crippen LogP contribution >= 0.6 is 11.8 Å². The van der Waals surface area contributed by atoms with Gasteiger partial charge in [0.2, 0.25) is 0 Å². The minimum atomic E-state index is 0.685. The summed E-state index contributed by atoms with van der Waals surface area (Å²) in [6.45, 7) is 3.64. The van der Waals surface area contributed by atoms with Gasteiger partial charge in [0, 0.05) is 22.9 Å². The van der Waals surface area contributed by atoms with Crippen LogP contribution in [0.4, 0.5) is 5.69 Å². The fourth-order valence-corrected chi connectivity index (χ4v) is 2.12. The number of nitrogen functional groups attached to an aromatic ring is 1. The monoisotopic (exact) mass is 226 g/mol. The van der Waals surface area contributed by atoms with Gasteiger partial charge in [-0.05, 0) is 32.2 Å². The van der Waals surface area contributed by atoms with E-state index in [-0.39, 0.29) is 0 Å². The lowest BCUT2D eigenvalue weighted by Crippen LogP contribution is -2.09. The van der Waals surface area contributed by atoms with Crippen molar-refractivity contribution in [2.45, 2.75) is 11.8 Å². The standard InChI is InChI=1S/C11H18N2OS/c1-3-14-9-4-5-10(12)11(8-9)15-7-6-13-2/h4-5,8,13H,3,6-7,12H2,1-2H3. The van der Waals surface area contributed by atoms with Crippen molar-refractivity contribution in [1.82, 2.24) is 5.32 Å². The lowest BCUT2D eigenvalue weighted by Gasteiger charge is -2.08. The minimum Gasteiger partial charge on any atom is -0.494 e.